The Balaban J connectivity index is 0. The van der Waals surface area contributed by atoms with Crippen molar-refractivity contribution in [3.8, 4) is 12.1 Å². The third kappa shape index (κ3) is 33.4. The lowest BCUT2D eigenvalue weighted by atomic mass is 10.2. The summed E-state index contributed by atoms with van der Waals surface area (Å²) in [5, 5.41) is 16.8. The average molecular weight is 649 g/mol. The molecule has 0 atom stereocenters. The van der Waals surface area contributed by atoms with Crippen molar-refractivity contribution in [2.24, 2.45) is 0 Å². The Labute approximate surface area is 285 Å². The van der Waals surface area contributed by atoms with Crippen molar-refractivity contribution in [2.45, 2.75) is 32.1 Å². The highest BCUT2D eigenvalue weighted by molar-refractivity contribution is 4.77. The van der Waals surface area contributed by atoms with Gasteiger partial charge in [0.2, 0.25) is 32.7 Å². The molecule has 258 valence electrons. The van der Waals surface area contributed by atoms with Gasteiger partial charge in [-0.3, -0.25) is 9.80 Å². The van der Waals surface area contributed by atoms with Gasteiger partial charge in [-0.25, -0.2) is 32.9 Å². The molecule has 0 bridgehead atoms. The van der Waals surface area contributed by atoms with E-state index in [0.29, 0.717) is 65.2 Å². The molecule has 0 aliphatic carbocycles. The summed E-state index contributed by atoms with van der Waals surface area (Å²) in [7, 11) is 4.04. The highest BCUT2D eigenvalue weighted by Crippen LogP contribution is 2.04. The third-order valence-electron chi connectivity index (χ3n) is 7.07. The molecule has 2 fully saturated rings. The van der Waals surface area contributed by atoms with Gasteiger partial charge in [0.15, 0.2) is 0 Å². The zero-order valence-corrected chi connectivity index (χ0v) is 29.0. The molecule has 0 spiro atoms. The summed E-state index contributed by atoms with van der Waals surface area (Å²) in [6, 6.07) is 4.24. The Bertz CT molecular complexity index is 950. The van der Waals surface area contributed by atoms with E-state index < -0.39 is 0 Å². The Kier molecular flexibility index (Phi) is 35.3. The number of piperazine rings is 1. The maximum atomic E-state index is 8.46. The summed E-state index contributed by atoms with van der Waals surface area (Å²) in [5.41, 5.74) is 0. The van der Waals surface area contributed by atoms with Crippen molar-refractivity contribution in [1.82, 2.24) is 24.5 Å². The fourth-order valence-corrected chi connectivity index (χ4v) is 4.40. The van der Waals surface area contributed by atoms with Gasteiger partial charge in [0.05, 0.1) is 45.0 Å². The SMILES string of the molecule is [C-]#[N+]CCCN(C)C.[C-]#[N+]CCCN1CCN(CCCC#N)CC1.[C-]#[N+]CCN(CCC#N)CC[N+]#[C-].[C-]#[N+]CCN1CCOCC1. The van der Waals surface area contributed by atoms with Gasteiger partial charge in [-0.1, -0.05) is 0 Å². The van der Waals surface area contributed by atoms with Crippen LogP contribution >= 0.6 is 0 Å². The molecule has 2 aliphatic heterocycles. The lowest BCUT2D eigenvalue weighted by Gasteiger charge is -2.34. The highest BCUT2D eigenvalue weighted by atomic mass is 16.5. The predicted octanol–water partition coefficient (Wildman–Crippen LogP) is 3.35. The van der Waals surface area contributed by atoms with E-state index in [4.69, 9.17) is 48.1 Å². The van der Waals surface area contributed by atoms with Crippen molar-refractivity contribution < 1.29 is 4.74 Å². The molecule has 2 heterocycles. The quantitative estimate of drug-likeness (QED) is 0.175. The van der Waals surface area contributed by atoms with Crippen LogP contribution in [0.1, 0.15) is 32.1 Å². The predicted molar refractivity (Wildman–Crippen MR) is 187 cm³/mol. The van der Waals surface area contributed by atoms with Gasteiger partial charge in [0.1, 0.15) is 0 Å². The van der Waals surface area contributed by atoms with Crippen LogP contribution in [0.4, 0.5) is 0 Å². The van der Waals surface area contributed by atoms with Crippen LogP contribution in [0.15, 0.2) is 0 Å². The Morgan fingerprint density at radius 2 is 1.02 bits per heavy atom. The first-order chi connectivity index (χ1) is 22.9. The second-order valence-corrected chi connectivity index (χ2v) is 11.1. The number of hydrogen-bond donors (Lipinski definition) is 0. The first-order valence-corrected chi connectivity index (χ1v) is 16.4. The summed E-state index contributed by atoms with van der Waals surface area (Å²) < 4.78 is 5.16. The smallest absolute Gasteiger partial charge is 0.227 e. The lowest BCUT2D eigenvalue weighted by molar-refractivity contribution is 0.0402. The van der Waals surface area contributed by atoms with Gasteiger partial charge in [-0.2, -0.15) is 10.5 Å². The molecule has 47 heavy (non-hydrogen) atoms. The first-order valence-electron chi connectivity index (χ1n) is 16.4. The Morgan fingerprint density at radius 1 is 0.553 bits per heavy atom. The van der Waals surface area contributed by atoms with Crippen LogP contribution in [0.3, 0.4) is 0 Å². The zero-order chi connectivity index (χ0) is 35.2. The largest absolute Gasteiger partial charge is 0.379 e. The summed E-state index contributed by atoms with van der Waals surface area (Å²) in [6.07, 6.45) is 4.13. The van der Waals surface area contributed by atoms with Crippen molar-refractivity contribution in [1.29, 1.82) is 10.5 Å². The maximum absolute atomic E-state index is 8.46. The van der Waals surface area contributed by atoms with E-state index in [-0.39, 0.29) is 0 Å². The van der Waals surface area contributed by atoms with E-state index in [1.54, 1.807) is 0 Å². The molecule has 13 heteroatoms. The molecule has 0 aromatic carbocycles. The van der Waals surface area contributed by atoms with Gasteiger partial charge in [-0.15, -0.1) is 0 Å². The van der Waals surface area contributed by atoms with Gasteiger partial charge in [0.25, 0.3) is 0 Å². The van der Waals surface area contributed by atoms with Gasteiger partial charge in [0, 0.05) is 84.6 Å². The summed E-state index contributed by atoms with van der Waals surface area (Å²) in [5.74, 6) is 0. The second kappa shape index (κ2) is 36.7. The van der Waals surface area contributed by atoms with Crippen molar-refractivity contribution in [3.63, 3.8) is 0 Å². The fraction of sp³-hybridized carbons (Fsp3) is 0.794. The van der Waals surface area contributed by atoms with Gasteiger partial charge >= 0.3 is 0 Å². The van der Waals surface area contributed by atoms with Crippen LogP contribution in [0, 0.1) is 55.5 Å². The topological polar surface area (TPSA) is 94.8 Å². The van der Waals surface area contributed by atoms with Crippen molar-refractivity contribution in [2.75, 3.05) is 145 Å². The third-order valence-corrected chi connectivity index (χ3v) is 7.07. The van der Waals surface area contributed by atoms with E-state index in [9.17, 15) is 0 Å². The number of ether oxygens (including phenoxy) is 1. The molecule has 0 amide bonds. The molecule has 2 saturated heterocycles. The second-order valence-electron chi connectivity index (χ2n) is 11.1. The number of hydrogen-bond acceptors (Lipinski definition) is 8. The van der Waals surface area contributed by atoms with E-state index >= 15 is 0 Å². The number of nitriles is 2. The molecule has 0 aromatic rings. The lowest BCUT2D eigenvalue weighted by Crippen LogP contribution is -2.46. The number of nitrogens with zero attached hydrogens (tertiary/aromatic N) is 12. The minimum atomic E-state index is 0.448. The number of morpholine rings is 1. The van der Waals surface area contributed by atoms with E-state index in [2.05, 4.69) is 56.0 Å². The van der Waals surface area contributed by atoms with Crippen LogP contribution in [0.25, 0.3) is 24.2 Å². The molecular weight excluding hydrogens is 592 g/mol. The van der Waals surface area contributed by atoms with E-state index in [1.807, 2.05) is 19.0 Å². The Hall–Kier alpha value is -3.81. The monoisotopic (exact) mass is 648 g/mol. The standard InChI is InChI=1S/C12H20N4.C9H12N4.C7H12N2O.C6H12N2/c1-14-6-4-8-16-11-9-15(10-12-16)7-3-2-5-13;1-11-5-8-13(7-3-4-10)9-6-12-2;1-8-2-3-9-4-6-10-7-5-9;1-7-5-4-6-8(2)3/h2-4,6-12H2;3,5-9H2;2-7H2;4-6H2,2-3H3. The van der Waals surface area contributed by atoms with Gasteiger partial charge in [-0.05, 0) is 27.1 Å². The first kappa shape index (κ1) is 45.3. The number of unbranched alkanes of at least 4 members (excludes halogenated alkanes) is 1. The maximum Gasteiger partial charge on any atom is 0.227 e. The van der Waals surface area contributed by atoms with Crippen molar-refractivity contribution >= 4 is 0 Å². The van der Waals surface area contributed by atoms with Crippen LogP contribution in [0.5, 0.6) is 0 Å². The van der Waals surface area contributed by atoms with Crippen LogP contribution < -0.4 is 0 Å². The Morgan fingerprint density at radius 3 is 1.49 bits per heavy atom. The van der Waals surface area contributed by atoms with E-state index in [1.165, 1.54) is 0 Å². The number of rotatable bonds is 17. The molecule has 13 nitrogen and oxygen atoms in total. The molecule has 2 aliphatic rings. The van der Waals surface area contributed by atoms with Crippen LogP contribution in [-0.4, -0.2) is 170 Å². The molecule has 2 rings (SSSR count). The zero-order valence-electron chi connectivity index (χ0n) is 29.0. The van der Waals surface area contributed by atoms with E-state index in [0.717, 1.165) is 97.9 Å². The normalized spacial score (nSPS) is 14.4. The minimum Gasteiger partial charge on any atom is -0.379 e. The van der Waals surface area contributed by atoms with Crippen LogP contribution in [-0.2, 0) is 4.74 Å². The summed E-state index contributed by atoms with van der Waals surface area (Å²) >= 11 is 0. The van der Waals surface area contributed by atoms with Crippen molar-refractivity contribution in [3.05, 3.63) is 57.1 Å². The molecular formula is C34H56N12O. The molecule has 0 aromatic heterocycles. The fourth-order valence-electron chi connectivity index (χ4n) is 4.40. The minimum absolute atomic E-state index is 0.448. The summed E-state index contributed by atoms with van der Waals surface area (Å²) in [4.78, 5) is 27.6. The highest BCUT2D eigenvalue weighted by Gasteiger charge is 2.16. The van der Waals surface area contributed by atoms with Gasteiger partial charge < -0.3 is 43.7 Å². The molecule has 0 radical (unpaired) electrons. The summed E-state index contributed by atoms with van der Waals surface area (Å²) in [6.45, 7) is 50.0. The van der Waals surface area contributed by atoms with Crippen LogP contribution in [0.2, 0.25) is 0 Å². The molecule has 0 N–H and O–H groups in total. The molecule has 0 unspecified atom stereocenters. The molecule has 0 saturated carbocycles. The average Bonchev–Trinajstić information content (AvgIpc) is 3.09.